The number of amides is 1. The Morgan fingerprint density at radius 1 is 1.27 bits per heavy atom. The number of rotatable bonds is 4. The van der Waals surface area contributed by atoms with Crippen LogP contribution in [0.2, 0.25) is 0 Å². The van der Waals surface area contributed by atoms with Crippen molar-refractivity contribution in [1.29, 1.82) is 0 Å². The number of nitrogens with one attached hydrogen (secondary N) is 1. The molecule has 3 heteroatoms. The van der Waals surface area contributed by atoms with Crippen LogP contribution in [0, 0.1) is 5.92 Å². The van der Waals surface area contributed by atoms with Gasteiger partial charge in [-0.15, -0.1) is 0 Å². The molecule has 15 heavy (non-hydrogen) atoms. The summed E-state index contributed by atoms with van der Waals surface area (Å²) in [6.45, 7) is 4.95. The maximum absolute atomic E-state index is 10.6. The fraction of sp³-hybridized carbons (Fsp3) is 0.417. The van der Waals surface area contributed by atoms with E-state index in [2.05, 4.69) is 43.9 Å². The summed E-state index contributed by atoms with van der Waals surface area (Å²) in [7, 11) is 0. The summed E-state index contributed by atoms with van der Waals surface area (Å²) >= 11 is 3.64. The summed E-state index contributed by atoms with van der Waals surface area (Å²) in [6, 6.07) is 8.31. The maximum atomic E-state index is 10.6. The first kappa shape index (κ1) is 12.1. The Labute approximate surface area is 96.5 Å². The quantitative estimate of drug-likeness (QED) is 0.755. The van der Waals surface area contributed by atoms with E-state index >= 15 is 0 Å². The molecule has 0 bridgehead atoms. The van der Waals surface area contributed by atoms with Gasteiger partial charge in [0.25, 0.3) is 5.24 Å². The third kappa shape index (κ3) is 4.88. The van der Waals surface area contributed by atoms with Crippen LogP contribution >= 0.6 is 12.6 Å². The third-order valence-corrected chi connectivity index (χ3v) is 2.27. The van der Waals surface area contributed by atoms with E-state index in [9.17, 15) is 4.79 Å². The van der Waals surface area contributed by atoms with E-state index < -0.39 is 0 Å². The Hall–Kier alpha value is -0.960. The minimum absolute atomic E-state index is 0.291. The second-order valence-electron chi connectivity index (χ2n) is 4.07. The SMILES string of the molecule is CC(C)Cc1ccc(CNC(=O)S)cc1. The molecule has 0 heterocycles. The van der Waals surface area contributed by atoms with Crippen molar-refractivity contribution in [1.82, 2.24) is 5.32 Å². The van der Waals surface area contributed by atoms with Crippen LogP contribution in [-0.4, -0.2) is 5.24 Å². The summed E-state index contributed by atoms with van der Waals surface area (Å²) in [5.74, 6) is 0.674. The van der Waals surface area contributed by atoms with Crippen molar-refractivity contribution in [3.8, 4) is 0 Å². The Bertz CT molecular complexity index is 319. The first-order chi connectivity index (χ1) is 7.08. The predicted molar refractivity (Wildman–Crippen MR) is 66.2 cm³/mol. The highest BCUT2D eigenvalue weighted by molar-refractivity contribution is 7.96. The van der Waals surface area contributed by atoms with E-state index in [0.717, 1.165) is 12.0 Å². The van der Waals surface area contributed by atoms with E-state index in [1.54, 1.807) is 0 Å². The number of carbonyl (C=O) groups excluding carboxylic acids is 1. The molecule has 0 aliphatic heterocycles. The molecule has 1 rings (SSSR count). The lowest BCUT2D eigenvalue weighted by Crippen LogP contribution is -2.15. The maximum Gasteiger partial charge on any atom is 0.276 e. The van der Waals surface area contributed by atoms with Gasteiger partial charge in [-0.05, 0) is 23.5 Å². The number of benzene rings is 1. The average Bonchev–Trinajstić information content (AvgIpc) is 2.16. The molecule has 2 nitrogen and oxygen atoms in total. The highest BCUT2D eigenvalue weighted by Crippen LogP contribution is 2.09. The number of carbonyl (C=O) groups is 1. The van der Waals surface area contributed by atoms with E-state index in [1.165, 1.54) is 5.56 Å². The zero-order valence-electron chi connectivity index (χ0n) is 9.16. The smallest absolute Gasteiger partial charge is 0.276 e. The lowest BCUT2D eigenvalue weighted by molar-refractivity contribution is 0.260. The van der Waals surface area contributed by atoms with Crippen molar-refractivity contribution in [2.75, 3.05) is 0 Å². The summed E-state index contributed by atoms with van der Waals surface area (Å²) < 4.78 is 0. The first-order valence-corrected chi connectivity index (χ1v) is 5.57. The van der Waals surface area contributed by atoms with Gasteiger partial charge in [-0.1, -0.05) is 50.7 Å². The first-order valence-electron chi connectivity index (χ1n) is 5.12. The molecule has 1 aromatic rings. The standard InChI is InChI=1S/C12H17NOS/c1-9(2)7-10-3-5-11(6-4-10)8-13-12(14)15/h3-6,9H,7-8H2,1-2H3,(H2,13,14,15). The van der Waals surface area contributed by atoms with E-state index in [0.29, 0.717) is 12.5 Å². The molecule has 1 N–H and O–H groups in total. The van der Waals surface area contributed by atoms with Crippen molar-refractivity contribution in [3.05, 3.63) is 35.4 Å². The minimum atomic E-state index is -0.291. The Morgan fingerprint density at radius 2 is 1.80 bits per heavy atom. The summed E-state index contributed by atoms with van der Waals surface area (Å²) in [5, 5.41) is 2.36. The Balaban J connectivity index is 2.52. The van der Waals surface area contributed by atoms with Gasteiger partial charge in [0.05, 0.1) is 0 Å². The highest BCUT2D eigenvalue weighted by Gasteiger charge is 1.98. The molecule has 82 valence electrons. The van der Waals surface area contributed by atoms with Crippen LogP contribution in [0.25, 0.3) is 0 Å². The second kappa shape index (κ2) is 5.81. The molecular formula is C12H17NOS. The summed E-state index contributed by atoms with van der Waals surface area (Å²) in [4.78, 5) is 10.6. The van der Waals surface area contributed by atoms with Gasteiger partial charge in [-0.2, -0.15) is 0 Å². The molecule has 0 aliphatic rings. The van der Waals surface area contributed by atoms with E-state index in [1.807, 2.05) is 12.1 Å². The van der Waals surface area contributed by atoms with Crippen molar-refractivity contribution in [2.24, 2.45) is 5.92 Å². The number of thiol groups is 1. The molecule has 0 radical (unpaired) electrons. The largest absolute Gasteiger partial charge is 0.343 e. The van der Waals surface area contributed by atoms with Crippen LogP contribution in [0.4, 0.5) is 4.79 Å². The zero-order chi connectivity index (χ0) is 11.3. The van der Waals surface area contributed by atoms with Gasteiger partial charge in [-0.25, -0.2) is 0 Å². The molecule has 0 spiro atoms. The van der Waals surface area contributed by atoms with Crippen molar-refractivity contribution in [3.63, 3.8) is 0 Å². The lowest BCUT2D eigenvalue weighted by atomic mass is 10.0. The van der Waals surface area contributed by atoms with Gasteiger partial charge >= 0.3 is 0 Å². The fourth-order valence-corrected chi connectivity index (χ4v) is 1.52. The molecule has 1 amide bonds. The molecule has 0 unspecified atom stereocenters. The summed E-state index contributed by atoms with van der Waals surface area (Å²) in [5.41, 5.74) is 2.44. The van der Waals surface area contributed by atoms with Crippen LogP contribution in [0.1, 0.15) is 25.0 Å². The van der Waals surface area contributed by atoms with Gasteiger partial charge in [0.2, 0.25) is 0 Å². The molecule has 0 aliphatic carbocycles. The fourth-order valence-electron chi connectivity index (χ4n) is 1.44. The van der Waals surface area contributed by atoms with Crippen LogP contribution < -0.4 is 5.32 Å². The van der Waals surface area contributed by atoms with Gasteiger partial charge in [-0.3, -0.25) is 4.79 Å². The monoisotopic (exact) mass is 223 g/mol. The molecule has 0 aromatic heterocycles. The van der Waals surface area contributed by atoms with Crippen LogP contribution in [0.15, 0.2) is 24.3 Å². The predicted octanol–water partition coefficient (Wildman–Crippen LogP) is 3.02. The average molecular weight is 223 g/mol. The molecule has 0 saturated carbocycles. The van der Waals surface area contributed by atoms with Crippen LogP contribution in [-0.2, 0) is 13.0 Å². The lowest BCUT2D eigenvalue weighted by Gasteiger charge is -2.06. The van der Waals surface area contributed by atoms with Crippen molar-refractivity contribution >= 4 is 17.9 Å². The third-order valence-electron chi connectivity index (χ3n) is 2.11. The molecular weight excluding hydrogens is 206 g/mol. The number of hydrogen-bond donors (Lipinski definition) is 2. The molecule has 0 atom stereocenters. The summed E-state index contributed by atoms with van der Waals surface area (Å²) in [6.07, 6.45) is 1.10. The van der Waals surface area contributed by atoms with Gasteiger partial charge < -0.3 is 5.32 Å². The zero-order valence-corrected chi connectivity index (χ0v) is 10.1. The Kier molecular flexibility index (Phi) is 4.69. The van der Waals surface area contributed by atoms with E-state index in [-0.39, 0.29) is 5.24 Å². The minimum Gasteiger partial charge on any atom is -0.343 e. The van der Waals surface area contributed by atoms with Gasteiger partial charge in [0, 0.05) is 6.54 Å². The van der Waals surface area contributed by atoms with Crippen molar-refractivity contribution < 1.29 is 4.79 Å². The van der Waals surface area contributed by atoms with Gasteiger partial charge in [0.15, 0.2) is 0 Å². The van der Waals surface area contributed by atoms with Crippen LogP contribution in [0.3, 0.4) is 0 Å². The highest BCUT2D eigenvalue weighted by atomic mass is 32.1. The second-order valence-corrected chi connectivity index (χ2v) is 4.48. The molecule has 0 fully saturated rings. The topological polar surface area (TPSA) is 29.1 Å². The van der Waals surface area contributed by atoms with Crippen molar-refractivity contribution in [2.45, 2.75) is 26.8 Å². The van der Waals surface area contributed by atoms with E-state index in [4.69, 9.17) is 0 Å². The molecule has 1 aromatic carbocycles. The molecule has 0 saturated heterocycles. The number of hydrogen-bond acceptors (Lipinski definition) is 1. The Morgan fingerprint density at radius 3 is 2.27 bits per heavy atom. The van der Waals surface area contributed by atoms with Crippen LogP contribution in [0.5, 0.6) is 0 Å². The van der Waals surface area contributed by atoms with Gasteiger partial charge in [0.1, 0.15) is 0 Å². The normalized spacial score (nSPS) is 10.4.